The Morgan fingerprint density at radius 1 is 1.54 bits per heavy atom. The molecule has 0 radical (unpaired) electrons. The van der Waals surface area contributed by atoms with E-state index in [1.54, 1.807) is 6.92 Å². The molecule has 0 aliphatic heterocycles. The van der Waals surface area contributed by atoms with Crippen LogP contribution in [-0.2, 0) is 0 Å². The summed E-state index contributed by atoms with van der Waals surface area (Å²) in [6, 6.07) is 1.49. The Hall–Kier alpha value is -1.42. The Kier molecular flexibility index (Phi) is 1.77. The molecule has 0 spiro atoms. The van der Waals surface area contributed by atoms with E-state index in [9.17, 15) is 4.79 Å². The summed E-state index contributed by atoms with van der Waals surface area (Å²) < 4.78 is 4.78. The van der Waals surface area contributed by atoms with Gasteiger partial charge in [0.1, 0.15) is 5.39 Å². The first-order chi connectivity index (χ1) is 6.16. The number of aromatic nitrogens is 2. The highest BCUT2D eigenvalue weighted by atomic mass is 35.5. The first-order valence-corrected chi connectivity index (χ1v) is 3.97. The van der Waals surface area contributed by atoms with Gasteiger partial charge in [-0.1, -0.05) is 11.6 Å². The van der Waals surface area contributed by atoms with Crippen LogP contribution < -0.4 is 5.63 Å². The summed E-state index contributed by atoms with van der Waals surface area (Å²) in [6.45, 7) is 1.59. The van der Waals surface area contributed by atoms with Gasteiger partial charge in [-0.25, -0.2) is 9.78 Å². The van der Waals surface area contributed by atoms with Crippen LogP contribution >= 0.6 is 11.6 Å². The molecule has 0 unspecified atom stereocenters. The maximum Gasteiger partial charge on any atom is 0.348 e. The lowest BCUT2D eigenvalue weighted by molar-refractivity contribution is 0.466. The van der Waals surface area contributed by atoms with E-state index in [2.05, 4.69) is 9.97 Å². The zero-order chi connectivity index (χ0) is 9.42. The third-order valence-electron chi connectivity index (χ3n) is 1.56. The molecule has 2 aromatic heterocycles. The molecule has 0 saturated heterocycles. The lowest BCUT2D eigenvalue weighted by Gasteiger charge is -1.95. The molecule has 2 heterocycles. The Bertz CT molecular complexity index is 521. The topological polar surface area (TPSA) is 56.0 Å². The summed E-state index contributed by atoms with van der Waals surface area (Å²) in [7, 11) is 0. The molecule has 0 fully saturated rings. The number of hydrogen-bond acceptors (Lipinski definition) is 4. The van der Waals surface area contributed by atoms with Crippen molar-refractivity contribution in [3.8, 4) is 0 Å². The fourth-order valence-corrected chi connectivity index (χ4v) is 1.19. The van der Waals surface area contributed by atoms with Gasteiger partial charge in [0.05, 0.1) is 5.02 Å². The Labute approximate surface area is 78.2 Å². The van der Waals surface area contributed by atoms with Gasteiger partial charge in [0.15, 0.2) is 11.5 Å². The standard InChI is InChI=1S/C8H5ClN2O2/c1-4-11-7-6(8(12)13-4)2-5(9)3-10-7/h2-3H,1H3. The molecule has 0 aromatic carbocycles. The van der Waals surface area contributed by atoms with Gasteiger partial charge >= 0.3 is 5.63 Å². The lowest BCUT2D eigenvalue weighted by Crippen LogP contribution is -2.03. The summed E-state index contributed by atoms with van der Waals surface area (Å²) in [6.07, 6.45) is 1.44. The van der Waals surface area contributed by atoms with E-state index < -0.39 is 5.63 Å². The number of nitrogens with zero attached hydrogens (tertiary/aromatic N) is 2. The van der Waals surface area contributed by atoms with Crippen LogP contribution in [0.15, 0.2) is 21.5 Å². The van der Waals surface area contributed by atoms with Crippen molar-refractivity contribution in [2.24, 2.45) is 0 Å². The third kappa shape index (κ3) is 1.40. The van der Waals surface area contributed by atoms with E-state index in [1.165, 1.54) is 12.3 Å². The number of hydrogen-bond donors (Lipinski definition) is 0. The van der Waals surface area contributed by atoms with E-state index in [4.69, 9.17) is 16.0 Å². The summed E-state index contributed by atoms with van der Waals surface area (Å²) in [5.74, 6) is 0.298. The first kappa shape index (κ1) is 8.19. The molecule has 2 rings (SSSR count). The predicted molar refractivity (Wildman–Crippen MR) is 47.8 cm³/mol. The molecule has 0 atom stereocenters. The number of halogens is 1. The molecule has 0 amide bonds. The van der Waals surface area contributed by atoms with Gasteiger partial charge in [0, 0.05) is 13.1 Å². The van der Waals surface area contributed by atoms with Crippen molar-refractivity contribution in [2.75, 3.05) is 0 Å². The molecule has 13 heavy (non-hydrogen) atoms. The molecular formula is C8H5ClN2O2. The van der Waals surface area contributed by atoms with Crippen LogP contribution in [0.3, 0.4) is 0 Å². The second kappa shape index (κ2) is 2.81. The third-order valence-corrected chi connectivity index (χ3v) is 1.76. The molecular weight excluding hydrogens is 192 g/mol. The average molecular weight is 197 g/mol. The Balaban J connectivity index is 2.95. The fourth-order valence-electron chi connectivity index (χ4n) is 1.03. The predicted octanol–water partition coefficient (Wildman–Crippen LogP) is 1.54. The van der Waals surface area contributed by atoms with Crippen molar-refractivity contribution < 1.29 is 4.42 Å². The van der Waals surface area contributed by atoms with Gasteiger partial charge < -0.3 is 4.42 Å². The number of fused-ring (bicyclic) bond motifs is 1. The highest BCUT2D eigenvalue weighted by Crippen LogP contribution is 2.11. The largest absolute Gasteiger partial charge is 0.408 e. The molecule has 0 N–H and O–H groups in total. The van der Waals surface area contributed by atoms with Crippen LogP contribution in [0.25, 0.3) is 11.0 Å². The maximum absolute atomic E-state index is 11.2. The Morgan fingerprint density at radius 2 is 2.31 bits per heavy atom. The summed E-state index contributed by atoms with van der Waals surface area (Å²) in [4.78, 5) is 19.1. The molecule has 0 saturated carbocycles. The molecule has 0 aliphatic rings. The number of rotatable bonds is 0. The van der Waals surface area contributed by atoms with Crippen molar-refractivity contribution in [3.05, 3.63) is 33.6 Å². The van der Waals surface area contributed by atoms with Crippen molar-refractivity contribution in [1.29, 1.82) is 0 Å². The van der Waals surface area contributed by atoms with E-state index in [0.29, 0.717) is 21.9 Å². The molecule has 5 heteroatoms. The van der Waals surface area contributed by atoms with Crippen LogP contribution in [0.1, 0.15) is 5.89 Å². The minimum absolute atomic E-state index is 0.298. The van der Waals surface area contributed by atoms with Crippen molar-refractivity contribution in [3.63, 3.8) is 0 Å². The Morgan fingerprint density at radius 3 is 3.08 bits per heavy atom. The van der Waals surface area contributed by atoms with Gasteiger partial charge in [-0.2, -0.15) is 4.98 Å². The molecule has 66 valence electrons. The van der Waals surface area contributed by atoms with E-state index in [0.717, 1.165) is 0 Å². The summed E-state index contributed by atoms with van der Waals surface area (Å²) >= 11 is 5.66. The van der Waals surface area contributed by atoms with Gasteiger partial charge in [0.2, 0.25) is 0 Å². The van der Waals surface area contributed by atoms with Crippen LogP contribution in [0.4, 0.5) is 0 Å². The second-order valence-electron chi connectivity index (χ2n) is 2.55. The normalized spacial score (nSPS) is 10.6. The smallest absolute Gasteiger partial charge is 0.348 e. The van der Waals surface area contributed by atoms with Crippen LogP contribution in [0, 0.1) is 6.92 Å². The van der Waals surface area contributed by atoms with E-state index >= 15 is 0 Å². The van der Waals surface area contributed by atoms with Gasteiger partial charge in [-0.05, 0) is 6.07 Å². The summed E-state index contributed by atoms with van der Waals surface area (Å²) in [5, 5.41) is 0.698. The minimum atomic E-state index is -0.461. The molecule has 2 aromatic rings. The van der Waals surface area contributed by atoms with Crippen LogP contribution in [0.5, 0.6) is 0 Å². The summed E-state index contributed by atoms with van der Waals surface area (Å²) in [5.41, 5.74) is -0.101. The van der Waals surface area contributed by atoms with Crippen LogP contribution in [0.2, 0.25) is 5.02 Å². The molecule has 0 bridgehead atoms. The highest BCUT2D eigenvalue weighted by molar-refractivity contribution is 6.31. The molecule has 4 nitrogen and oxygen atoms in total. The zero-order valence-corrected chi connectivity index (χ0v) is 7.50. The lowest BCUT2D eigenvalue weighted by atomic mass is 10.3. The minimum Gasteiger partial charge on any atom is -0.408 e. The van der Waals surface area contributed by atoms with Crippen molar-refractivity contribution in [1.82, 2.24) is 9.97 Å². The second-order valence-corrected chi connectivity index (χ2v) is 2.98. The average Bonchev–Trinajstić information content (AvgIpc) is 2.06. The monoisotopic (exact) mass is 196 g/mol. The number of aryl methyl sites for hydroxylation is 1. The fraction of sp³-hybridized carbons (Fsp3) is 0.125. The van der Waals surface area contributed by atoms with Gasteiger partial charge in [-0.3, -0.25) is 0 Å². The maximum atomic E-state index is 11.2. The molecule has 0 aliphatic carbocycles. The van der Waals surface area contributed by atoms with Gasteiger partial charge in [0.25, 0.3) is 0 Å². The quantitative estimate of drug-likeness (QED) is 0.642. The zero-order valence-electron chi connectivity index (χ0n) is 6.74. The van der Waals surface area contributed by atoms with E-state index in [-0.39, 0.29) is 0 Å². The van der Waals surface area contributed by atoms with Crippen molar-refractivity contribution in [2.45, 2.75) is 6.92 Å². The number of pyridine rings is 1. The first-order valence-electron chi connectivity index (χ1n) is 3.60. The highest BCUT2D eigenvalue weighted by Gasteiger charge is 2.04. The van der Waals surface area contributed by atoms with Crippen LogP contribution in [-0.4, -0.2) is 9.97 Å². The van der Waals surface area contributed by atoms with Gasteiger partial charge in [-0.15, -0.1) is 0 Å². The van der Waals surface area contributed by atoms with Crippen molar-refractivity contribution >= 4 is 22.6 Å². The SMILES string of the molecule is Cc1nc2ncc(Cl)cc2c(=O)o1. The van der Waals surface area contributed by atoms with E-state index in [1.807, 2.05) is 0 Å².